The molecule has 4 N–H and O–H groups in total. The van der Waals surface area contributed by atoms with E-state index in [4.69, 9.17) is 5.11 Å². The Balaban J connectivity index is 1.53. The Bertz CT molecular complexity index is 701. The second-order valence-electron chi connectivity index (χ2n) is 8.59. The van der Waals surface area contributed by atoms with E-state index in [0.29, 0.717) is 25.6 Å². The number of carbonyl (C=O) groups excluding carboxylic acids is 3. The van der Waals surface area contributed by atoms with Crippen molar-refractivity contribution in [1.82, 2.24) is 30.7 Å². The van der Waals surface area contributed by atoms with E-state index >= 15 is 0 Å². The highest BCUT2D eigenvalue weighted by molar-refractivity contribution is 5.81. The zero-order chi connectivity index (χ0) is 24.1. The molecule has 3 amide bonds. The van der Waals surface area contributed by atoms with Gasteiger partial charge < -0.3 is 30.9 Å². The van der Waals surface area contributed by atoms with Crippen LogP contribution < -0.4 is 16.0 Å². The van der Waals surface area contributed by atoms with E-state index in [1.54, 1.807) is 0 Å². The van der Waals surface area contributed by atoms with E-state index in [-0.39, 0.29) is 50.1 Å². The van der Waals surface area contributed by atoms with E-state index < -0.39 is 5.97 Å². The number of carbonyl (C=O) groups is 4. The maximum absolute atomic E-state index is 12.3. The molecule has 1 saturated heterocycles. The van der Waals surface area contributed by atoms with Gasteiger partial charge in [-0.2, -0.15) is 0 Å². The maximum atomic E-state index is 12.3. The second kappa shape index (κ2) is 14.4. The Hall–Kier alpha value is -2.82. The molecule has 2 rings (SSSR count). The Labute approximate surface area is 195 Å². The first-order chi connectivity index (χ1) is 15.8. The molecule has 1 fully saturated rings. The van der Waals surface area contributed by atoms with Gasteiger partial charge >= 0.3 is 5.97 Å². The van der Waals surface area contributed by atoms with Gasteiger partial charge in [-0.05, 0) is 25.8 Å². The fourth-order valence-electron chi connectivity index (χ4n) is 3.89. The number of nitrogens with zero attached hydrogens (tertiary/aromatic N) is 3. The van der Waals surface area contributed by atoms with Gasteiger partial charge in [-0.15, -0.1) is 0 Å². The van der Waals surface area contributed by atoms with Gasteiger partial charge in [0.25, 0.3) is 0 Å². The molecular formula is C22H38N6O5. The molecule has 0 spiro atoms. The molecule has 0 bridgehead atoms. The standard InChI is InChI=1S/C22H38N6O5/c1-26-12-14-27(15-13-26)16-18-4-3-11-28(18)17-21(31)25-10-7-20(30)24-9-6-19(29)23-8-2-5-22(32)33/h12,14,18H,2-11,13,15-17H2,1H3,(H,23,29)(H,24,30)(H,25,31)(H,32,33)/i2+1,5+1,6+1,8+1,9+1,12+1,14+1,16+1,19+1,20+1,22+1,23+1,24+1,25+1. The van der Waals surface area contributed by atoms with Crippen LogP contribution in [0.2, 0.25) is 0 Å². The molecule has 11 nitrogen and oxygen atoms in total. The summed E-state index contributed by atoms with van der Waals surface area (Å²) in [6, 6.07) is 0.363. The van der Waals surface area contributed by atoms with E-state index in [0.717, 1.165) is 39.0 Å². The number of likely N-dealkylation sites (N-methyl/N-ethyl adjacent to an activating group) is 1. The number of aliphatic carboxylic acids is 1. The first-order valence-electron chi connectivity index (χ1n) is 11.7. The lowest BCUT2D eigenvalue weighted by Crippen LogP contribution is -2.45. The van der Waals surface area contributed by atoms with Crippen LogP contribution in [-0.4, -0.2) is 109 Å². The fraction of sp³-hybridized carbons (Fsp3) is 0.727. The Morgan fingerprint density at radius 3 is 2.18 bits per heavy atom. The number of amides is 3. The molecule has 0 aromatic heterocycles. The average Bonchev–Trinajstić information content (AvgIpc) is 3.19. The van der Waals surface area contributed by atoms with Crippen LogP contribution in [0.15, 0.2) is 12.4 Å². The van der Waals surface area contributed by atoms with E-state index in [1.807, 2.05) is 0 Å². The summed E-state index contributed by atoms with van der Waals surface area (Å²) in [5.41, 5.74) is 0. The first kappa shape index (κ1) is 26.4. The minimum Gasteiger partial charge on any atom is -0.481 e. The van der Waals surface area contributed by atoms with Gasteiger partial charge in [-0.25, -0.2) is 0 Å². The van der Waals surface area contributed by atoms with Crippen LogP contribution in [0, 0.1) is 0 Å². The Kier molecular flexibility index (Phi) is 11.5. The largest absolute Gasteiger partial charge is 0.481 e. The van der Waals surface area contributed by atoms with Crippen LogP contribution in [0.5, 0.6) is 0 Å². The van der Waals surface area contributed by atoms with Crippen molar-refractivity contribution in [1.29, 1.82) is 0 Å². The number of hydrogen-bond donors (Lipinski definition) is 4. The van der Waals surface area contributed by atoms with Crippen LogP contribution in [0.25, 0.3) is 0 Å². The van der Waals surface area contributed by atoms with Gasteiger partial charge in [0.2, 0.25) is 17.7 Å². The predicted octanol–water partition coefficient (Wildman–Crippen LogP) is -0.837. The quantitative estimate of drug-likeness (QED) is 0.144. The number of hydrogen-bond acceptors (Lipinski definition) is 7. The average molecular weight is 480 g/mol. The molecule has 1 unspecified atom stereocenters. The molecule has 1 atom stereocenters. The monoisotopic (exact) mass is 480 g/mol. The summed E-state index contributed by atoms with van der Waals surface area (Å²) in [4.78, 5) is 52.9. The van der Waals surface area contributed by atoms with Gasteiger partial charge in [-0.3, -0.25) is 24.1 Å². The number of nitrogens with one attached hydrogen (secondary N) is 3. The normalized spacial score (nSPS) is 18.3. The van der Waals surface area contributed by atoms with Gasteiger partial charge in [0, 0.05) is 84.0 Å². The van der Waals surface area contributed by atoms with Crippen molar-refractivity contribution in [3.05, 3.63) is 12.4 Å². The van der Waals surface area contributed by atoms with Crippen molar-refractivity contribution in [3.63, 3.8) is 0 Å². The highest BCUT2D eigenvalue weighted by Gasteiger charge is 2.27. The molecule has 186 valence electrons. The van der Waals surface area contributed by atoms with Gasteiger partial charge in [0.05, 0.1) is 6.54 Å². The molecule has 11 heteroatoms. The SMILES string of the molecule is CN1CCN([13CH2]C2CCCN2CC(=O)[15NH]CC[13C](=O)[15NH][13CH2][13CH2][13C](=O)[15NH][13CH2][13CH2][13CH2][13C](=O)O)[13CH]=[13CH]1. The zero-order valence-corrected chi connectivity index (χ0v) is 19.6. The van der Waals surface area contributed by atoms with Crippen molar-refractivity contribution >= 4 is 23.7 Å². The van der Waals surface area contributed by atoms with E-state index in [1.165, 1.54) is 0 Å². The molecule has 0 saturated carbocycles. The summed E-state index contributed by atoms with van der Waals surface area (Å²) >= 11 is 0. The number of likely N-dealkylation sites (tertiary alicyclic amines) is 1. The molecule has 2 heterocycles. The predicted molar refractivity (Wildman–Crippen MR) is 123 cm³/mol. The van der Waals surface area contributed by atoms with Crippen molar-refractivity contribution in [2.75, 3.05) is 59.4 Å². The zero-order valence-electron chi connectivity index (χ0n) is 19.6. The Morgan fingerprint density at radius 1 is 0.879 bits per heavy atom. The lowest BCUT2D eigenvalue weighted by Gasteiger charge is -2.33. The number of carboxylic acids is 1. The summed E-state index contributed by atoms with van der Waals surface area (Å²) in [5, 5.41) is 16.6. The third kappa shape index (κ3) is 11.0. The van der Waals surface area contributed by atoms with Gasteiger partial charge in [0.15, 0.2) is 0 Å². The lowest BCUT2D eigenvalue weighted by atomic mass is 10.3. The molecule has 2 aliphatic heterocycles. The topological polar surface area (TPSA) is 134 Å². The number of carboxylic acid groups (broad SMARTS) is 1. The van der Waals surface area contributed by atoms with Crippen LogP contribution in [-0.2, 0) is 19.2 Å². The van der Waals surface area contributed by atoms with Crippen LogP contribution in [0.1, 0.15) is 38.5 Å². The fourth-order valence-corrected chi connectivity index (χ4v) is 3.89. The summed E-state index contributed by atoms with van der Waals surface area (Å²) in [5.74, 6) is -1.44. The third-order valence-electron chi connectivity index (χ3n) is 5.80. The van der Waals surface area contributed by atoms with Crippen molar-refractivity contribution in [2.24, 2.45) is 0 Å². The third-order valence-corrected chi connectivity index (χ3v) is 5.80. The lowest BCUT2D eigenvalue weighted by molar-refractivity contribution is -0.137. The summed E-state index contributed by atoms with van der Waals surface area (Å²) in [6.07, 6.45) is 7.03. The highest BCUT2D eigenvalue weighted by atomic mass is 16.5. The minimum atomic E-state index is -0.896. The van der Waals surface area contributed by atoms with Crippen molar-refractivity contribution in [2.45, 2.75) is 44.6 Å². The minimum absolute atomic E-state index is 0.00869. The summed E-state index contributed by atoms with van der Waals surface area (Å²) in [7, 11) is 2.06. The first-order valence-corrected chi connectivity index (χ1v) is 11.7. The smallest absolute Gasteiger partial charge is 0.303 e. The molecule has 0 aromatic carbocycles. The molecule has 2 aliphatic rings. The van der Waals surface area contributed by atoms with E-state index in [9.17, 15) is 19.2 Å². The number of rotatable bonds is 14. The van der Waals surface area contributed by atoms with Crippen LogP contribution in [0.3, 0.4) is 0 Å². The van der Waals surface area contributed by atoms with Gasteiger partial charge in [0.1, 0.15) is 0 Å². The highest BCUT2D eigenvalue weighted by Crippen LogP contribution is 2.18. The van der Waals surface area contributed by atoms with Gasteiger partial charge in [-0.1, -0.05) is 0 Å². The van der Waals surface area contributed by atoms with Crippen molar-refractivity contribution < 1.29 is 24.3 Å². The molecular weight excluding hydrogens is 442 g/mol. The Morgan fingerprint density at radius 2 is 1.55 bits per heavy atom. The molecule has 0 aliphatic carbocycles. The molecule has 33 heavy (non-hydrogen) atoms. The van der Waals surface area contributed by atoms with Crippen LogP contribution >= 0.6 is 0 Å². The molecule has 0 radical (unpaired) electrons. The maximum Gasteiger partial charge on any atom is 0.303 e. The molecule has 0 aromatic rings. The van der Waals surface area contributed by atoms with E-state index in [2.05, 4.69) is 50.1 Å². The summed E-state index contributed by atoms with van der Waals surface area (Å²) in [6.45, 7) is 4.93. The van der Waals surface area contributed by atoms with Crippen LogP contribution in [0.4, 0.5) is 0 Å². The second-order valence-corrected chi connectivity index (χ2v) is 8.59. The summed E-state index contributed by atoms with van der Waals surface area (Å²) < 4.78 is 0. The van der Waals surface area contributed by atoms with Crippen molar-refractivity contribution in [3.8, 4) is 0 Å².